The monoisotopic (exact) mass is 614 g/mol. The lowest BCUT2D eigenvalue weighted by Crippen LogP contribution is -2.48. The van der Waals surface area contributed by atoms with Crippen molar-refractivity contribution in [1.29, 1.82) is 0 Å². The Morgan fingerprint density at radius 1 is 1.02 bits per heavy atom. The molecule has 0 atom stereocenters. The molecule has 9 heteroatoms. The number of carbonyl (C=O) groups is 3. The van der Waals surface area contributed by atoms with Crippen molar-refractivity contribution in [3.8, 4) is 0 Å². The van der Waals surface area contributed by atoms with E-state index in [4.69, 9.17) is 14.2 Å². The molecule has 1 saturated heterocycles. The average Bonchev–Trinajstić information content (AvgIpc) is 2.96. The molecule has 0 radical (unpaired) electrons. The molecule has 2 aliphatic rings. The number of thioether (sulfide) groups is 1. The van der Waals surface area contributed by atoms with Crippen LogP contribution in [0.3, 0.4) is 0 Å². The van der Waals surface area contributed by atoms with E-state index in [1.807, 2.05) is 47.6 Å². The predicted octanol–water partition coefficient (Wildman–Crippen LogP) is 6.27. The van der Waals surface area contributed by atoms with Crippen LogP contribution in [0.4, 0.5) is 0 Å². The number of likely N-dealkylation sites (tertiary alicyclic amines) is 1. The molecule has 8 nitrogen and oxygen atoms in total. The SMILES string of the molecule is CS/C(=C\C(=C\C(=O)OC(C)(C)OCC(=O)OC(C)C)N(C(=O)C1CCC(C)CC1)C1CCN(C)CC1)c1ccccc1. The third-order valence-electron chi connectivity index (χ3n) is 8.01. The number of nitrogens with zero attached hydrogens (tertiary/aromatic N) is 2. The van der Waals surface area contributed by atoms with Crippen molar-refractivity contribution in [3.05, 3.63) is 53.7 Å². The Morgan fingerprint density at radius 3 is 2.23 bits per heavy atom. The fraction of sp³-hybridized carbons (Fsp3) is 0.618. The van der Waals surface area contributed by atoms with Gasteiger partial charge in [0.1, 0.15) is 6.61 Å². The number of hydrogen-bond acceptors (Lipinski definition) is 8. The molecule has 238 valence electrons. The molecule has 0 unspecified atom stereocenters. The van der Waals surface area contributed by atoms with Crippen molar-refractivity contribution in [2.75, 3.05) is 33.0 Å². The van der Waals surface area contributed by atoms with Crippen LogP contribution in [0.2, 0.25) is 0 Å². The maximum Gasteiger partial charge on any atom is 0.335 e. The Bertz CT molecular complexity index is 1130. The largest absolute Gasteiger partial charge is 0.461 e. The number of benzene rings is 1. The van der Waals surface area contributed by atoms with Gasteiger partial charge < -0.3 is 24.0 Å². The predicted molar refractivity (Wildman–Crippen MR) is 172 cm³/mol. The number of hydrogen-bond donors (Lipinski definition) is 0. The van der Waals surface area contributed by atoms with E-state index in [9.17, 15) is 14.4 Å². The summed E-state index contributed by atoms with van der Waals surface area (Å²) in [5, 5.41) is 0. The van der Waals surface area contributed by atoms with Gasteiger partial charge in [-0.3, -0.25) is 4.79 Å². The highest BCUT2D eigenvalue weighted by Crippen LogP contribution is 2.35. The minimum atomic E-state index is -1.39. The molecule has 1 aliphatic heterocycles. The van der Waals surface area contributed by atoms with Gasteiger partial charge >= 0.3 is 11.9 Å². The number of rotatable bonds is 12. The molecular formula is C34H50N2O6S. The zero-order valence-electron chi connectivity index (χ0n) is 27.0. The summed E-state index contributed by atoms with van der Waals surface area (Å²) in [6.07, 6.45) is 10.5. The molecular weight excluding hydrogens is 564 g/mol. The van der Waals surface area contributed by atoms with Crippen molar-refractivity contribution >= 4 is 34.5 Å². The molecule has 1 heterocycles. The third-order valence-corrected chi connectivity index (χ3v) is 8.80. The van der Waals surface area contributed by atoms with Gasteiger partial charge in [-0.2, -0.15) is 0 Å². The minimum absolute atomic E-state index is 0.0349. The molecule has 0 bridgehead atoms. The van der Waals surface area contributed by atoms with Crippen LogP contribution >= 0.6 is 11.8 Å². The van der Waals surface area contributed by atoms with Gasteiger partial charge in [-0.25, -0.2) is 9.59 Å². The van der Waals surface area contributed by atoms with Gasteiger partial charge in [0.15, 0.2) is 0 Å². The molecule has 1 aromatic rings. The maximum absolute atomic E-state index is 14.4. The van der Waals surface area contributed by atoms with Crippen LogP contribution in [-0.2, 0) is 28.6 Å². The average molecular weight is 615 g/mol. The van der Waals surface area contributed by atoms with E-state index in [0.29, 0.717) is 11.6 Å². The van der Waals surface area contributed by atoms with Gasteiger partial charge in [0.2, 0.25) is 11.7 Å². The van der Waals surface area contributed by atoms with E-state index < -0.39 is 17.7 Å². The van der Waals surface area contributed by atoms with Crippen LogP contribution in [0.1, 0.15) is 78.7 Å². The first-order chi connectivity index (χ1) is 20.4. The molecule has 1 saturated carbocycles. The molecule has 0 spiro atoms. The fourth-order valence-electron chi connectivity index (χ4n) is 5.60. The number of carbonyl (C=O) groups excluding carboxylic acids is 3. The van der Waals surface area contributed by atoms with E-state index in [1.54, 1.807) is 39.5 Å². The van der Waals surface area contributed by atoms with Gasteiger partial charge in [-0.1, -0.05) is 37.3 Å². The van der Waals surface area contributed by atoms with E-state index in [1.165, 1.54) is 6.08 Å². The Balaban J connectivity index is 1.99. The Labute approximate surface area is 262 Å². The number of ether oxygens (including phenoxy) is 3. The summed E-state index contributed by atoms with van der Waals surface area (Å²) in [6.45, 7) is 10.3. The van der Waals surface area contributed by atoms with Crippen LogP contribution in [0.5, 0.6) is 0 Å². The quantitative estimate of drug-likeness (QED) is 0.118. The van der Waals surface area contributed by atoms with Crippen molar-refractivity contribution in [3.63, 3.8) is 0 Å². The molecule has 3 rings (SSSR count). The first-order valence-electron chi connectivity index (χ1n) is 15.5. The summed E-state index contributed by atoms with van der Waals surface area (Å²) in [5.74, 6) is -1.95. The van der Waals surface area contributed by atoms with E-state index >= 15 is 0 Å². The number of amides is 1. The summed E-state index contributed by atoms with van der Waals surface area (Å²) in [6, 6.07) is 9.93. The Hall–Kier alpha value is -2.62. The molecule has 2 fully saturated rings. The highest BCUT2D eigenvalue weighted by Gasteiger charge is 2.36. The summed E-state index contributed by atoms with van der Waals surface area (Å²) in [4.78, 5) is 45.0. The highest BCUT2D eigenvalue weighted by atomic mass is 32.2. The van der Waals surface area contributed by atoms with E-state index in [0.717, 1.165) is 62.1 Å². The summed E-state index contributed by atoms with van der Waals surface area (Å²) < 4.78 is 16.5. The minimum Gasteiger partial charge on any atom is -0.461 e. The van der Waals surface area contributed by atoms with Crippen molar-refractivity contribution in [1.82, 2.24) is 9.80 Å². The second kappa shape index (κ2) is 16.5. The van der Waals surface area contributed by atoms with Crippen LogP contribution in [0.15, 0.2) is 48.2 Å². The summed E-state index contributed by atoms with van der Waals surface area (Å²) in [7, 11) is 2.10. The smallest absolute Gasteiger partial charge is 0.335 e. The number of allylic oxidation sites excluding steroid dienone is 1. The third kappa shape index (κ3) is 11.1. The Morgan fingerprint density at radius 2 is 1.65 bits per heavy atom. The number of esters is 2. The summed E-state index contributed by atoms with van der Waals surface area (Å²) >= 11 is 1.57. The fourth-order valence-corrected chi connectivity index (χ4v) is 6.21. The van der Waals surface area contributed by atoms with E-state index in [2.05, 4.69) is 18.9 Å². The summed E-state index contributed by atoms with van der Waals surface area (Å²) in [5.41, 5.74) is 1.52. The molecule has 0 aromatic heterocycles. The zero-order valence-corrected chi connectivity index (χ0v) is 27.8. The van der Waals surface area contributed by atoms with Gasteiger partial charge in [0, 0.05) is 36.8 Å². The first-order valence-corrected chi connectivity index (χ1v) is 16.7. The van der Waals surface area contributed by atoms with Crippen molar-refractivity contribution in [2.24, 2.45) is 11.8 Å². The number of piperidine rings is 1. The molecule has 43 heavy (non-hydrogen) atoms. The van der Waals surface area contributed by atoms with Crippen molar-refractivity contribution in [2.45, 2.75) is 91.1 Å². The van der Waals surface area contributed by atoms with Crippen molar-refractivity contribution < 1.29 is 28.6 Å². The van der Waals surface area contributed by atoms with E-state index in [-0.39, 0.29) is 30.6 Å². The Kier molecular flexibility index (Phi) is 13.3. The van der Waals surface area contributed by atoms with Gasteiger partial charge in [0.25, 0.3) is 0 Å². The second-order valence-corrected chi connectivity index (χ2v) is 13.3. The lowest BCUT2D eigenvalue weighted by molar-refractivity contribution is -0.216. The van der Waals surface area contributed by atoms with Crippen LogP contribution < -0.4 is 0 Å². The highest BCUT2D eigenvalue weighted by molar-refractivity contribution is 8.07. The van der Waals surface area contributed by atoms with Crippen LogP contribution in [-0.4, -0.2) is 78.6 Å². The lowest BCUT2D eigenvalue weighted by atomic mass is 9.82. The maximum atomic E-state index is 14.4. The second-order valence-electron chi connectivity index (χ2n) is 12.5. The normalized spacial score (nSPS) is 21.0. The topological polar surface area (TPSA) is 85.4 Å². The molecule has 1 aliphatic carbocycles. The van der Waals surface area contributed by atoms with Crippen LogP contribution in [0.25, 0.3) is 4.91 Å². The van der Waals surface area contributed by atoms with Gasteiger partial charge in [-0.15, -0.1) is 11.8 Å². The van der Waals surface area contributed by atoms with Gasteiger partial charge in [0.05, 0.1) is 11.8 Å². The van der Waals surface area contributed by atoms with Gasteiger partial charge in [-0.05, 0) is 96.3 Å². The first kappa shape index (κ1) is 34.9. The van der Waals surface area contributed by atoms with Crippen LogP contribution in [0, 0.1) is 11.8 Å². The lowest BCUT2D eigenvalue weighted by Gasteiger charge is -2.40. The molecule has 1 aromatic carbocycles. The molecule has 1 amide bonds. The molecule has 0 N–H and O–H groups in total. The standard InChI is InChI=1S/C34H50N2O6S/c1-24(2)41-32(38)23-40-34(4,5)42-31(37)22-29(21-30(43-7)26-11-9-8-10-12-26)36(28-17-19-35(6)20-18-28)33(39)27-15-13-25(3)14-16-27/h8-12,21-22,24-25,27-28H,13-20,23H2,1-7H3/b29-22-,30-21-. The zero-order chi connectivity index (χ0) is 31.6.